The monoisotopic (exact) mass is 539 g/mol. The first-order valence-electron chi connectivity index (χ1n) is 12.0. The van der Waals surface area contributed by atoms with Crippen LogP contribution in [0, 0.1) is 17.8 Å². The molecule has 4 saturated carbocycles. The highest BCUT2D eigenvalue weighted by atomic mass is 79.9. The molecule has 1 aromatic heterocycles. The quantitative estimate of drug-likeness (QED) is 0.445. The Bertz CT molecular complexity index is 1260. The fourth-order valence-corrected chi connectivity index (χ4v) is 7.35. The molecule has 0 atom stereocenters. The molecule has 0 aliphatic heterocycles. The van der Waals surface area contributed by atoms with Crippen molar-refractivity contribution >= 4 is 33.4 Å². The van der Waals surface area contributed by atoms with E-state index in [-0.39, 0.29) is 22.6 Å². The van der Waals surface area contributed by atoms with Crippen molar-refractivity contribution in [1.82, 2.24) is 14.7 Å². The van der Waals surface area contributed by atoms with Crippen molar-refractivity contribution in [2.45, 2.75) is 50.6 Å². The van der Waals surface area contributed by atoms with Gasteiger partial charge in [0.05, 0.1) is 12.2 Å². The molecular formula is C27H27BrClN3O2. The summed E-state index contributed by atoms with van der Waals surface area (Å²) in [5.41, 5.74) is 1.49. The predicted molar refractivity (Wildman–Crippen MR) is 137 cm³/mol. The van der Waals surface area contributed by atoms with Crippen molar-refractivity contribution in [3.05, 3.63) is 85.7 Å². The van der Waals surface area contributed by atoms with E-state index in [2.05, 4.69) is 21.2 Å². The van der Waals surface area contributed by atoms with Gasteiger partial charge in [0.25, 0.3) is 11.5 Å². The second-order valence-corrected chi connectivity index (χ2v) is 11.9. The summed E-state index contributed by atoms with van der Waals surface area (Å²) in [6.07, 6.45) is 8.79. The lowest BCUT2D eigenvalue weighted by atomic mass is 9.53. The van der Waals surface area contributed by atoms with Gasteiger partial charge in [0.1, 0.15) is 5.56 Å². The molecule has 7 heteroatoms. The lowest BCUT2D eigenvalue weighted by Gasteiger charge is -2.56. The van der Waals surface area contributed by atoms with E-state index in [4.69, 9.17) is 11.6 Å². The third kappa shape index (κ3) is 4.05. The Kier molecular flexibility index (Phi) is 5.49. The number of hydrogen-bond donors (Lipinski definition) is 1. The van der Waals surface area contributed by atoms with Gasteiger partial charge in [-0.15, -0.1) is 0 Å². The molecule has 0 spiro atoms. The first-order valence-corrected chi connectivity index (χ1v) is 13.2. The van der Waals surface area contributed by atoms with Gasteiger partial charge in [0, 0.05) is 21.2 Å². The molecule has 3 aromatic rings. The molecule has 1 N–H and O–H groups in total. The van der Waals surface area contributed by atoms with Crippen molar-refractivity contribution in [1.29, 1.82) is 0 Å². The van der Waals surface area contributed by atoms with Gasteiger partial charge in [-0.05, 0) is 98.2 Å². The van der Waals surface area contributed by atoms with E-state index in [1.54, 1.807) is 10.9 Å². The fourth-order valence-electron chi connectivity index (χ4n) is 6.96. The van der Waals surface area contributed by atoms with E-state index < -0.39 is 0 Å². The third-order valence-corrected chi connectivity index (χ3v) is 8.73. The summed E-state index contributed by atoms with van der Waals surface area (Å²) in [7, 11) is 0. The number of halogens is 2. The summed E-state index contributed by atoms with van der Waals surface area (Å²) < 4.78 is 4.35. The lowest BCUT2D eigenvalue weighted by Crippen LogP contribution is -2.60. The van der Waals surface area contributed by atoms with E-state index in [1.807, 2.05) is 53.2 Å². The van der Waals surface area contributed by atoms with Crippen LogP contribution >= 0.6 is 27.5 Å². The lowest BCUT2D eigenvalue weighted by molar-refractivity contribution is -0.0167. The van der Waals surface area contributed by atoms with Crippen LogP contribution in [0.5, 0.6) is 0 Å². The molecule has 4 bridgehead atoms. The van der Waals surface area contributed by atoms with E-state index in [9.17, 15) is 9.59 Å². The molecule has 4 fully saturated rings. The molecule has 1 heterocycles. The zero-order valence-electron chi connectivity index (χ0n) is 18.8. The van der Waals surface area contributed by atoms with Gasteiger partial charge in [-0.1, -0.05) is 39.7 Å². The number of benzene rings is 2. The molecular weight excluding hydrogens is 514 g/mol. The SMILES string of the molecule is O=C(NC12CC3CC(CC(C3)C1)C2)c1cn(Cc2ccc(Cl)cc2)n(-c2ccc(Br)cc2)c1=O. The van der Waals surface area contributed by atoms with Gasteiger partial charge in [-0.3, -0.25) is 14.3 Å². The Labute approximate surface area is 212 Å². The molecule has 4 aliphatic carbocycles. The highest BCUT2D eigenvalue weighted by Crippen LogP contribution is 2.55. The van der Waals surface area contributed by atoms with E-state index in [0.717, 1.165) is 52.7 Å². The smallest absolute Gasteiger partial charge is 0.284 e. The van der Waals surface area contributed by atoms with Crippen molar-refractivity contribution in [2.75, 3.05) is 0 Å². The van der Waals surface area contributed by atoms with E-state index in [1.165, 1.54) is 19.3 Å². The van der Waals surface area contributed by atoms with Gasteiger partial charge in [0.15, 0.2) is 0 Å². The average molecular weight is 541 g/mol. The molecule has 176 valence electrons. The summed E-state index contributed by atoms with van der Waals surface area (Å²) in [5.74, 6) is 1.93. The van der Waals surface area contributed by atoms with Crippen LogP contribution in [0.15, 0.2) is 64.0 Å². The average Bonchev–Trinajstić information content (AvgIpc) is 3.10. The van der Waals surface area contributed by atoms with Gasteiger partial charge in [-0.25, -0.2) is 4.68 Å². The Balaban J connectivity index is 1.35. The Morgan fingerprint density at radius 3 is 2.15 bits per heavy atom. The predicted octanol–water partition coefficient (Wildman–Crippen LogP) is 5.80. The molecule has 0 radical (unpaired) electrons. The summed E-state index contributed by atoms with van der Waals surface area (Å²) in [5, 5.41) is 4.03. The minimum absolute atomic E-state index is 0.140. The van der Waals surface area contributed by atoms with Crippen molar-refractivity contribution in [3.8, 4) is 5.69 Å². The minimum atomic E-state index is -0.293. The number of aromatic nitrogens is 2. The van der Waals surface area contributed by atoms with Crippen LogP contribution in [-0.2, 0) is 6.54 Å². The van der Waals surface area contributed by atoms with Gasteiger partial charge in [-0.2, -0.15) is 0 Å². The third-order valence-electron chi connectivity index (χ3n) is 7.95. The van der Waals surface area contributed by atoms with Crippen LogP contribution in [0.2, 0.25) is 5.02 Å². The topological polar surface area (TPSA) is 56.0 Å². The molecule has 0 saturated heterocycles. The maximum Gasteiger partial charge on any atom is 0.284 e. The van der Waals surface area contributed by atoms with Crippen LogP contribution < -0.4 is 10.9 Å². The number of amides is 1. The fraction of sp³-hybridized carbons (Fsp3) is 0.407. The van der Waals surface area contributed by atoms with Crippen LogP contribution in [-0.4, -0.2) is 20.8 Å². The molecule has 1 amide bonds. The first-order chi connectivity index (χ1) is 16.4. The molecule has 7 rings (SSSR count). The maximum absolute atomic E-state index is 13.6. The Morgan fingerprint density at radius 2 is 1.56 bits per heavy atom. The molecule has 4 aliphatic rings. The zero-order valence-corrected chi connectivity index (χ0v) is 21.2. The number of carbonyl (C=O) groups is 1. The molecule has 5 nitrogen and oxygen atoms in total. The summed E-state index contributed by atoms with van der Waals surface area (Å²) in [4.78, 5) is 27.1. The number of hydrogen-bond acceptors (Lipinski definition) is 2. The highest BCUT2D eigenvalue weighted by Gasteiger charge is 2.51. The number of rotatable bonds is 5. The molecule has 0 unspecified atom stereocenters. The van der Waals surface area contributed by atoms with Crippen LogP contribution in [0.1, 0.15) is 54.4 Å². The van der Waals surface area contributed by atoms with Crippen LogP contribution in [0.4, 0.5) is 0 Å². The summed E-state index contributed by atoms with van der Waals surface area (Å²) >= 11 is 9.52. The minimum Gasteiger partial charge on any atom is -0.346 e. The van der Waals surface area contributed by atoms with Gasteiger partial charge in [0.2, 0.25) is 0 Å². The normalized spacial score (nSPS) is 27.2. The zero-order chi connectivity index (χ0) is 23.4. The Morgan fingerprint density at radius 1 is 0.971 bits per heavy atom. The summed E-state index contributed by atoms with van der Waals surface area (Å²) in [6, 6.07) is 15.1. The molecule has 34 heavy (non-hydrogen) atoms. The van der Waals surface area contributed by atoms with Crippen molar-refractivity contribution in [3.63, 3.8) is 0 Å². The Hall–Kier alpha value is -2.31. The highest BCUT2D eigenvalue weighted by molar-refractivity contribution is 9.10. The first kappa shape index (κ1) is 22.2. The largest absolute Gasteiger partial charge is 0.346 e. The van der Waals surface area contributed by atoms with Crippen LogP contribution in [0.25, 0.3) is 5.69 Å². The maximum atomic E-state index is 13.6. The summed E-state index contributed by atoms with van der Waals surface area (Å²) in [6.45, 7) is 0.452. The van der Waals surface area contributed by atoms with E-state index in [0.29, 0.717) is 11.6 Å². The standard InChI is InChI=1S/C27H27BrClN3O2/c28-21-3-7-23(8-4-21)32-26(34)24(16-31(32)15-17-1-5-22(29)6-2-17)25(33)30-27-12-18-9-19(13-27)11-20(10-18)14-27/h1-8,16,18-20H,9-15H2,(H,30,33). The van der Waals surface area contributed by atoms with E-state index >= 15 is 0 Å². The van der Waals surface area contributed by atoms with Gasteiger partial charge < -0.3 is 5.32 Å². The second-order valence-electron chi connectivity index (χ2n) is 10.5. The number of nitrogens with one attached hydrogen (secondary N) is 1. The number of carbonyl (C=O) groups excluding carboxylic acids is 1. The molecule has 2 aromatic carbocycles. The van der Waals surface area contributed by atoms with Crippen molar-refractivity contribution < 1.29 is 4.79 Å². The van der Waals surface area contributed by atoms with Crippen molar-refractivity contribution in [2.24, 2.45) is 17.8 Å². The van der Waals surface area contributed by atoms with Gasteiger partial charge >= 0.3 is 0 Å². The van der Waals surface area contributed by atoms with Crippen LogP contribution in [0.3, 0.4) is 0 Å². The second kappa shape index (κ2) is 8.42. The number of nitrogens with zero attached hydrogens (tertiary/aromatic N) is 2.